The van der Waals surface area contributed by atoms with Gasteiger partial charge in [0, 0.05) is 12.8 Å². The van der Waals surface area contributed by atoms with E-state index >= 15 is 0 Å². The Morgan fingerprint density at radius 3 is 1.04 bits per heavy atom. The summed E-state index contributed by atoms with van der Waals surface area (Å²) in [6, 6.07) is -0.540. The molecule has 0 spiro atoms. The van der Waals surface area contributed by atoms with Crippen molar-refractivity contribution < 1.29 is 24.5 Å². The van der Waals surface area contributed by atoms with Gasteiger partial charge in [-0.25, -0.2) is 0 Å². The number of aliphatic hydroxyl groups excluding tert-OH is 2. The number of hydrogen-bond donors (Lipinski definition) is 3. The minimum absolute atomic E-state index is 0.00306. The van der Waals surface area contributed by atoms with Crippen molar-refractivity contribution in [1.82, 2.24) is 5.32 Å². The summed E-state index contributed by atoms with van der Waals surface area (Å²) in [4.78, 5) is 24.6. The first-order chi connectivity index (χ1) is 37.0. The van der Waals surface area contributed by atoms with Crippen LogP contribution in [0.3, 0.4) is 0 Å². The number of amides is 1. The molecule has 0 aromatic rings. The first kappa shape index (κ1) is 73.3. The molecule has 2 atom stereocenters. The molecule has 3 N–H and O–H groups in total. The third kappa shape index (κ3) is 61.4. The Bertz CT molecular complexity index is 1170. The van der Waals surface area contributed by atoms with Gasteiger partial charge in [0.2, 0.25) is 5.91 Å². The van der Waals surface area contributed by atoms with Crippen molar-refractivity contribution in [3.63, 3.8) is 0 Å². The Morgan fingerprint density at radius 1 is 0.373 bits per heavy atom. The standard InChI is InChI=1S/C69H133NO5/c1-3-5-7-9-11-13-15-17-19-20-30-34-37-41-45-49-53-57-61-67(72)66(65-71)70-68(73)62-58-54-50-46-42-38-35-31-28-26-24-22-21-23-25-27-29-32-36-40-44-48-52-56-60-64-75-69(74)63-59-55-51-47-43-39-33-18-16-14-12-10-8-6-4-2/h12,14,18,33,66-67,71-72H,3-11,13,15-17,19-32,34-65H2,1-2H3,(H,70,73)/b14-12-,33-18-/t66-,67+/m0/s1. The molecule has 444 valence electrons. The van der Waals surface area contributed by atoms with Crippen LogP contribution in [-0.4, -0.2) is 47.4 Å². The first-order valence-corrected chi connectivity index (χ1v) is 34.1. The van der Waals surface area contributed by atoms with E-state index in [1.807, 2.05) is 0 Å². The predicted octanol–water partition coefficient (Wildman–Crippen LogP) is 21.8. The summed E-state index contributed by atoms with van der Waals surface area (Å²) in [5, 5.41) is 23.4. The van der Waals surface area contributed by atoms with Gasteiger partial charge in [-0.2, -0.15) is 0 Å². The zero-order valence-electron chi connectivity index (χ0n) is 50.8. The number of carbonyl (C=O) groups excluding carboxylic acids is 2. The molecule has 0 saturated carbocycles. The Labute approximate surface area is 469 Å². The Balaban J connectivity index is 3.36. The van der Waals surface area contributed by atoms with E-state index in [9.17, 15) is 19.8 Å². The van der Waals surface area contributed by atoms with E-state index in [4.69, 9.17) is 4.74 Å². The van der Waals surface area contributed by atoms with Gasteiger partial charge in [-0.1, -0.05) is 334 Å². The number of carbonyl (C=O) groups is 2. The van der Waals surface area contributed by atoms with Crippen LogP contribution in [0.15, 0.2) is 24.3 Å². The van der Waals surface area contributed by atoms with Gasteiger partial charge >= 0.3 is 5.97 Å². The monoisotopic (exact) mass is 1060 g/mol. The van der Waals surface area contributed by atoms with E-state index < -0.39 is 12.1 Å². The molecule has 0 saturated heterocycles. The number of ether oxygens (including phenoxy) is 1. The highest BCUT2D eigenvalue weighted by molar-refractivity contribution is 5.76. The molecule has 1 amide bonds. The number of esters is 1. The molecular weight excluding hydrogens is 923 g/mol. The van der Waals surface area contributed by atoms with Gasteiger partial charge in [0.15, 0.2) is 0 Å². The number of rotatable bonds is 64. The van der Waals surface area contributed by atoms with Crippen LogP contribution in [0, 0.1) is 0 Å². The van der Waals surface area contributed by atoms with Crippen molar-refractivity contribution in [2.75, 3.05) is 13.2 Å². The van der Waals surface area contributed by atoms with Crippen molar-refractivity contribution in [2.45, 2.75) is 392 Å². The third-order valence-corrected chi connectivity index (χ3v) is 16.0. The van der Waals surface area contributed by atoms with Gasteiger partial charge < -0.3 is 20.3 Å². The fourth-order valence-corrected chi connectivity index (χ4v) is 10.8. The molecule has 0 radical (unpaired) electrons. The van der Waals surface area contributed by atoms with Gasteiger partial charge in [0.1, 0.15) is 0 Å². The maximum Gasteiger partial charge on any atom is 0.305 e. The second-order valence-corrected chi connectivity index (χ2v) is 23.5. The van der Waals surface area contributed by atoms with E-state index in [1.165, 1.54) is 295 Å². The summed E-state index contributed by atoms with van der Waals surface area (Å²) in [6.45, 7) is 4.95. The average molecular weight is 1060 g/mol. The molecule has 75 heavy (non-hydrogen) atoms. The van der Waals surface area contributed by atoms with Crippen LogP contribution in [0.1, 0.15) is 380 Å². The largest absolute Gasteiger partial charge is 0.466 e. The van der Waals surface area contributed by atoms with E-state index in [0.29, 0.717) is 25.9 Å². The second-order valence-electron chi connectivity index (χ2n) is 23.5. The quantitative estimate of drug-likeness (QED) is 0.0320. The SMILES string of the molecule is CCCCC/C=C\C/C=C\CCCCCCCC(=O)OCCCCCCCCCCCCCCCCCCCCCCCCCCCC(=O)N[C@@H](CO)[C@H](O)CCCCCCCCCCCCCCCCCCCC. The average Bonchev–Trinajstić information content (AvgIpc) is 3.41. The summed E-state index contributed by atoms with van der Waals surface area (Å²) in [5.74, 6) is -0.0267. The number of aliphatic hydroxyl groups is 2. The molecule has 6 nitrogen and oxygen atoms in total. The third-order valence-electron chi connectivity index (χ3n) is 16.0. The molecular formula is C69H133NO5. The molecule has 0 rings (SSSR count). The number of allylic oxidation sites excluding steroid dienone is 4. The summed E-state index contributed by atoms with van der Waals surface area (Å²) in [7, 11) is 0. The van der Waals surface area contributed by atoms with Crippen molar-refractivity contribution in [1.29, 1.82) is 0 Å². The van der Waals surface area contributed by atoms with E-state index in [0.717, 1.165) is 51.4 Å². The molecule has 0 unspecified atom stereocenters. The minimum Gasteiger partial charge on any atom is -0.466 e. The second kappa shape index (κ2) is 64.9. The van der Waals surface area contributed by atoms with Crippen LogP contribution in [0.2, 0.25) is 0 Å². The van der Waals surface area contributed by atoms with E-state index in [-0.39, 0.29) is 18.5 Å². The van der Waals surface area contributed by atoms with Gasteiger partial charge in [-0.15, -0.1) is 0 Å². The van der Waals surface area contributed by atoms with Crippen LogP contribution in [0.5, 0.6) is 0 Å². The van der Waals surface area contributed by atoms with Gasteiger partial charge in [0.05, 0.1) is 25.4 Å². The molecule has 0 aromatic carbocycles. The molecule has 0 aliphatic rings. The maximum absolute atomic E-state index is 12.5. The van der Waals surface area contributed by atoms with Crippen molar-refractivity contribution in [3.05, 3.63) is 24.3 Å². The number of nitrogens with one attached hydrogen (secondary N) is 1. The fraction of sp³-hybridized carbons (Fsp3) is 0.913. The molecule has 0 heterocycles. The maximum atomic E-state index is 12.5. The van der Waals surface area contributed by atoms with Crippen LogP contribution >= 0.6 is 0 Å². The summed E-state index contributed by atoms with van der Waals surface area (Å²) < 4.78 is 5.48. The Kier molecular flexibility index (Phi) is 63.4. The molecule has 0 aromatic heterocycles. The van der Waals surface area contributed by atoms with Crippen molar-refractivity contribution in [3.8, 4) is 0 Å². The van der Waals surface area contributed by atoms with Gasteiger partial charge in [0.25, 0.3) is 0 Å². The molecule has 0 aliphatic carbocycles. The van der Waals surface area contributed by atoms with Crippen molar-refractivity contribution >= 4 is 11.9 Å². The lowest BCUT2D eigenvalue weighted by Crippen LogP contribution is -2.45. The Morgan fingerprint density at radius 2 is 0.667 bits per heavy atom. The lowest BCUT2D eigenvalue weighted by atomic mass is 10.0. The summed E-state index contributed by atoms with van der Waals surface area (Å²) in [5.41, 5.74) is 0. The highest BCUT2D eigenvalue weighted by Gasteiger charge is 2.20. The number of unbranched alkanes of at least 4 members (excludes halogenated alkanes) is 49. The van der Waals surface area contributed by atoms with Gasteiger partial charge in [-0.05, 0) is 57.8 Å². The lowest BCUT2D eigenvalue weighted by Gasteiger charge is -2.22. The molecule has 0 fully saturated rings. The lowest BCUT2D eigenvalue weighted by molar-refractivity contribution is -0.143. The van der Waals surface area contributed by atoms with Crippen LogP contribution < -0.4 is 5.32 Å². The molecule has 0 aliphatic heterocycles. The predicted molar refractivity (Wildman–Crippen MR) is 329 cm³/mol. The van der Waals surface area contributed by atoms with Crippen LogP contribution in [-0.2, 0) is 14.3 Å². The molecule has 6 heteroatoms. The zero-order chi connectivity index (χ0) is 54.3. The normalized spacial score (nSPS) is 12.6. The van der Waals surface area contributed by atoms with Gasteiger partial charge in [-0.3, -0.25) is 9.59 Å². The molecule has 0 bridgehead atoms. The van der Waals surface area contributed by atoms with Crippen LogP contribution in [0.4, 0.5) is 0 Å². The number of hydrogen-bond acceptors (Lipinski definition) is 5. The fourth-order valence-electron chi connectivity index (χ4n) is 10.8. The van der Waals surface area contributed by atoms with Crippen LogP contribution in [0.25, 0.3) is 0 Å². The highest BCUT2D eigenvalue weighted by atomic mass is 16.5. The highest BCUT2D eigenvalue weighted by Crippen LogP contribution is 2.19. The first-order valence-electron chi connectivity index (χ1n) is 34.1. The van der Waals surface area contributed by atoms with Crippen molar-refractivity contribution in [2.24, 2.45) is 0 Å². The zero-order valence-corrected chi connectivity index (χ0v) is 50.8. The Hall–Kier alpha value is -1.66. The van der Waals surface area contributed by atoms with E-state index in [2.05, 4.69) is 43.5 Å². The minimum atomic E-state index is -0.663. The van der Waals surface area contributed by atoms with E-state index in [1.54, 1.807) is 0 Å². The smallest absolute Gasteiger partial charge is 0.305 e. The topological polar surface area (TPSA) is 95.9 Å². The summed E-state index contributed by atoms with van der Waals surface area (Å²) >= 11 is 0. The summed E-state index contributed by atoms with van der Waals surface area (Å²) in [6.07, 6.45) is 80.7.